The van der Waals surface area contributed by atoms with Gasteiger partial charge in [0.05, 0.1) is 5.69 Å². The molecule has 0 saturated carbocycles. The highest BCUT2D eigenvalue weighted by atomic mass is 32.1. The summed E-state index contributed by atoms with van der Waals surface area (Å²) in [6.07, 6.45) is 1.58. The van der Waals surface area contributed by atoms with Crippen molar-refractivity contribution < 1.29 is 9.53 Å². The fourth-order valence-electron chi connectivity index (χ4n) is 2.74. The molecule has 2 heterocycles. The Bertz CT molecular complexity index is 701. The summed E-state index contributed by atoms with van der Waals surface area (Å²) in [6, 6.07) is 11.2. The van der Waals surface area contributed by atoms with Crippen LogP contribution < -0.4 is 5.32 Å². The van der Waals surface area contributed by atoms with Crippen molar-refractivity contribution in [3.8, 4) is 11.3 Å². The minimum absolute atomic E-state index is 0.219. The average molecular weight is 358 g/mol. The number of hydrogen-bond acceptors (Lipinski definition) is 5. The van der Waals surface area contributed by atoms with Gasteiger partial charge in [-0.2, -0.15) is 0 Å². The fraction of sp³-hybridized carbons (Fsp3) is 0.474. The number of anilines is 1. The summed E-state index contributed by atoms with van der Waals surface area (Å²) in [7, 11) is 0. The molecular weight excluding hydrogens is 334 g/mol. The molecule has 1 N–H and O–H groups in total. The number of nitrogens with zero attached hydrogens (tertiary/aromatic N) is 2. The predicted molar refractivity (Wildman–Crippen MR) is 101 cm³/mol. The van der Waals surface area contributed by atoms with Gasteiger partial charge < -0.3 is 15.0 Å². The standard InChI is InChI=1S/C19H24N3O2S/c1-19(2,3)24-18(23)22-11-9-15(10-12-22)20-17-21-16(13-25-17)14-7-5-4-6-8-14/h5-8,13,15H,9-12H2,1-3H3,(H,20,21). The van der Waals surface area contributed by atoms with Gasteiger partial charge >= 0.3 is 6.09 Å². The van der Waals surface area contributed by atoms with E-state index in [-0.39, 0.29) is 6.09 Å². The maximum Gasteiger partial charge on any atom is 0.410 e. The third-order valence-electron chi connectivity index (χ3n) is 3.99. The number of ether oxygens (including phenoxy) is 1. The first-order chi connectivity index (χ1) is 11.9. The molecule has 1 fully saturated rings. The Kier molecular flexibility index (Phi) is 5.27. The molecule has 5 nitrogen and oxygen atoms in total. The second-order valence-corrected chi connectivity index (χ2v) is 8.07. The number of piperidine rings is 1. The van der Waals surface area contributed by atoms with Crippen LogP contribution in [0.4, 0.5) is 9.93 Å². The van der Waals surface area contributed by atoms with Gasteiger partial charge in [-0.25, -0.2) is 9.78 Å². The van der Waals surface area contributed by atoms with E-state index in [0.29, 0.717) is 19.1 Å². The topological polar surface area (TPSA) is 54.5 Å². The van der Waals surface area contributed by atoms with Gasteiger partial charge in [0.25, 0.3) is 0 Å². The molecule has 1 aromatic carbocycles. The van der Waals surface area contributed by atoms with Crippen LogP contribution >= 0.6 is 11.3 Å². The number of aromatic nitrogens is 1. The number of carbonyl (C=O) groups is 1. The van der Waals surface area contributed by atoms with Gasteiger partial charge in [-0.3, -0.25) is 0 Å². The minimum atomic E-state index is -0.446. The molecule has 1 aliphatic rings. The Labute approximate surface area is 153 Å². The van der Waals surface area contributed by atoms with Gasteiger partial charge in [0.2, 0.25) is 0 Å². The van der Waals surface area contributed by atoms with Crippen molar-refractivity contribution in [2.24, 2.45) is 0 Å². The molecule has 1 aliphatic heterocycles. The number of thiazole rings is 1. The Hall–Kier alpha value is -2.08. The van der Waals surface area contributed by atoms with Gasteiger partial charge in [0.1, 0.15) is 5.60 Å². The molecule has 0 spiro atoms. The van der Waals surface area contributed by atoms with Crippen LogP contribution in [0.15, 0.2) is 29.6 Å². The summed E-state index contributed by atoms with van der Waals surface area (Å²) in [5.74, 6) is 0. The molecule has 1 aromatic heterocycles. The zero-order valence-electron chi connectivity index (χ0n) is 14.9. The highest BCUT2D eigenvalue weighted by molar-refractivity contribution is 7.14. The van der Waals surface area contributed by atoms with Crippen LogP contribution in [0.2, 0.25) is 0 Å². The van der Waals surface area contributed by atoms with Gasteiger partial charge in [-0.05, 0) is 39.7 Å². The Morgan fingerprint density at radius 2 is 2.00 bits per heavy atom. The Balaban J connectivity index is 1.51. The maximum absolute atomic E-state index is 12.1. The number of benzene rings is 1. The molecule has 2 aromatic rings. The molecule has 0 unspecified atom stereocenters. The van der Waals surface area contributed by atoms with Crippen molar-refractivity contribution >= 4 is 22.6 Å². The quantitative estimate of drug-likeness (QED) is 0.882. The second kappa shape index (κ2) is 7.44. The van der Waals surface area contributed by atoms with E-state index in [2.05, 4.69) is 21.7 Å². The lowest BCUT2D eigenvalue weighted by molar-refractivity contribution is 0.0210. The number of carbonyl (C=O) groups excluding carboxylic acids is 1. The van der Waals surface area contributed by atoms with Crippen LogP contribution in [0.25, 0.3) is 11.3 Å². The van der Waals surface area contributed by atoms with Crippen LogP contribution in [-0.2, 0) is 4.74 Å². The van der Waals surface area contributed by atoms with Gasteiger partial charge in [-0.15, -0.1) is 11.3 Å². The molecule has 1 radical (unpaired) electrons. The summed E-state index contributed by atoms with van der Waals surface area (Å²) in [5, 5.41) is 6.49. The van der Waals surface area contributed by atoms with Crippen LogP contribution in [0.5, 0.6) is 0 Å². The largest absolute Gasteiger partial charge is 0.444 e. The molecule has 0 aliphatic carbocycles. The van der Waals surface area contributed by atoms with E-state index in [1.54, 1.807) is 16.2 Å². The highest BCUT2D eigenvalue weighted by Crippen LogP contribution is 2.26. The molecule has 1 amide bonds. The van der Waals surface area contributed by atoms with Gasteiger partial charge in [-0.1, -0.05) is 24.3 Å². The summed E-state index contributed by atoms with van der Waals surface area (Å²) < 4.78 is 5.44. The lowest BCUT2D eigenvalue weighted by atomic mass is 10.1. The van der Waals surface area contributed by atoms with E-state index < -0.39 is 5.60 Å². The average Bonchev–Trinajstić information content (AvgIpc) is 3.03. The monoisotopic (exact) mass is 358 g/mol. The lowest BCUT2D eigenvalue weighted by Gasteiger charge is -2.33. The van der Waals surface area contributed by atoms with E-state index in [1.165, 1.54) is 0 Å². The number of rotatable bonds is 3. The van der Waals surface area contributed by atoms with E-state index in [4.69, 9.17) is 4.74 Å². The van der Waals surface area contributed by atoms with Crippen LogP contribution in [0, 0.1) is 6.07 Å². The summed E-state index contributed by atoms with van der Waals surface area (Å²) >= 11 is 1.62. The van der Waals surface area contributed by atoms with Gasteiger partial charge in [0, 0.05) is 30.1 Å². The summed E-state index contributed by atoms with van der Waals surface area (Å²) in [4.78, 5) is 18.6. The molecule has 6 heteroatoms. The molecule has 0 atom stereocenters. The number of amides is 1. The van der Waals surface area contributed by atoms with Crippen LogP contribution in [0.3, 0.4) is 0 Å². The molecule has 133 valence electrons. The summed E-state index contributed by atoms with van der Waals surface area (Å²) in [5.41, 5.74) is 1.63. The zero-order valence-corrected chi connectivity index (χ0v) is 15.7. The Morgan fingerprint density at radius 1 is 1.32 bits per heavy atom. The molecule has 3 rings (SSSR count). The third kappa shape index (κ3) is 4.95. The zero-order chi connectivity index (χ0) is 17.9. The SMILES string of the molecule is CC(C)(C)OC(=O)N1CCC(Nc2nc(-c3cc[c]cc3)cs2)CC1. The van der Waals surface area contributed by atoms with E-state index >= 15 is 0 Å². The smallest absolute Gasteiger partial charge is 0.410 e. The van der Waals surface area contributed by atoms with Crippen LogP contribution in [0.1, 0.15) is 33.6 Å². The normalized spacial score (nSPS) is 15.9. The van der Waals surface area contributed by atoms with Crippen molar-refractivity contribution in [3.63, 3.8) is 0 Å². The number of hydrogen-bond donors (Lipinski definition) is 1. The van der Waals surface area contributed by atoms with E-state index in [9.17, 15) is 4.79 Å². The van der Waals surface area contributed by atoms with Crippen molar-refractivity contribution in [2.75, 3.05) is 18.4 Å². The van der Waals surface area contributed by atoms with Crippen molar-refractivity contribution in [1.29, 1.82) is 0 Å². The van der Waals surface area contributed by atoms with Crippen molar-refractivity contribution in [2.45, 2.75) is 45.3 Å². The number of nitrogens with one attached hydrogen (secondary N) is 1. The number of likely N-dealkylation sites (tertiary alicyclic amines) is 1. The summed E-state index contributed by atoms with van der Waals surface area (Å²) in [6.45, 7) is 7.09. The first-order valence-corrected chi connectivity index (χ1v) is 9.45. The van der Waals surface area contributed by atoms with Crippen LogP contribution in [-0.4, -0.2) is 40.7 Å². The minimum Gasteiger partial charge on any atom is -0.444 e. The van der Waals surface area contributed by atoms with E-state index in [1.807, 2.05) is 45.0 Å². The highest BCUT2D eigenvalue weighted by Gasteiger charge is 2.27. The molecule has 25 heavy (non-hydrogen) atoms. The Morgan fingerprint density at radius 3 is 2.64 bits per heavy atom. The molecule has 1 saturated heterocycles. The first kappa shape index (κ1) is 17.7. The van der Waals surface area contributed by atoms with Gasteiger partial charge in [0.15, 0.2) is 5.13 Å². The second-order valence-electron chi connectivity index (χ2n) is 7.21. The third-order valence-corrected chi connectivity index (χ3v) is 4.77. The molecule has 0 bridgehead atoms. The first-order valence-electron chi connectivity index (χ1n) is 8.57. The van der Waals surface area contributed by atoms with Crippen molar-refractivity contribution in [3.05, 3.63) is 35.7 Å². The molecular formula is C19H24N3O2S. The maximum atomic E-state index is 12.1. The fourth-order valence-corrected chi connectivity index (χ4v) is 3.54. The van der Waals surface area contributed by atoms with E-state index in [0.717, 1.165) is 29.2 Å². The lowest BCUT2D eigenvalue weighted by Crippen LogP contribution is -2.44. The predicted octanol–water partition coefficient (Wildman–Crippen LogP) is 4.42. The van der Waals surface area contributed by atoms with Crippen molar-refractivity contribution in [1.82, 2.24) is 9.88 Å².